The number of rotatable bonds is 2. The minimum Gasteiger partial charge on any atom is -0.152 e. The second kappa shape index (κ2) is 3.89. The molecule has 0 atom stereocenters. The molecular formula is C17H21Si-. The lowest BCUT2D eigenvalue weighted by Gasteiger charge is -2.41. The van der Waals surface area contributed by atoms with Gasteiger partial charge in [0, 0.05) is 0 Å². The molecule has 0 amide bonds. The third-order valence-electron chi connectivity index (χ3n) is 4.75. The topological polar surface area (TPSA) is 0 Å². The van der Waals surface area contributed by atoms with Gasteiger partial charge in [-0.1, -0.05) is 62.5 Å². The molecule has 1 aliphatic heterocycles. The average molecular weight is 253 g/mol. The highest BCUT2D eigenvalue weighted by Gasteiger charge is 2.44. The maximum atomic E-state index is 2.42. The maximum absolute atomic E-state index is 2.42. The van der Waals surface area contributed by atoms with Gasteiger partial charge in [-0.25, -0.2) is 0 Å². The molecule has 1 heterocycles. The minimum absolute atomic E-state index is 0.752. The average Bonchev–Trinajstić information content (AvgIpc) is 2.86. The molecule has 0 N–H and O–H groups in total. The van der Waals surface area contributed by atoms with Crippen molar-refractivity contribution in [1.82, 2.24) is 0 Å². The first-order valence-corrected chi connectivity index (χ1v) is 9.11. The molecule has 2 aromatic rings. The quantitative estimate of drug-likeness (QED) is 0.564. The highest BCUT2D eigenvalue weighted by molar-refractivity contribution is 7.07. The van der Waals surface area contributed by atoms with Crippen molar-refractivity contribution in [3.8, 4) is 11.1 Å². The predicted molar refractivity (Wildman–Crippen MR) is 82.7 cm³/mol. The Hall–Kier alpha value is -1.21. The van der Waals surface area contributed by atoms with E-state index in [2.05, 4.69) is 70.2 Å². The van der Waals surface area contributed by atoms with Crippen LogP contribution in [-0.2, 0) is 0 Å². The lowest BCUT2D eigenvalue weighted by atomic mass is 10.1. The van der Waals surface area contributed by atoms with Gasteiger partial charge in [-0.15, -0.1) is 28.1 Å². The van der Waals surface area contributed by atoms with E-state index in [-0.39, 0.29) is 0 Å². The van der Waals surface area contributed by atoms with Gasteiger partial charge in [0.15, 0.2) is 0 Å². The van der Waals surface area contributed by atoms with Crippen molar-refractivity contribution < 1.29 is 0 Å². The third kappa shape index (κ3) is 1.23. The van der Waals surface area contributed by atoms with Crippen LogP contribution in [0.5, 0.6) is 0 Å². The highest BCUT2D eigenvalue weighted by atomic mass is 28.3. The summed E-state index contributed by atoms with van der Waals surface area (Å²) in [5.74, 6) is 0. The number of hydrogen-bond donors (Lipinski definition) is 0. The molecule has 1 heteroatoms. The van der Waals surface area contributed by atoms with E-state index in [0.717, 1.165) is 11.1 Å². The molecule has 0 spiro atoms. The summed E-state index contributed by atoms with van der Waals surface area (Å²) >= 11 is 0. The number of fused-ring (bicyclic) bond motifs is 3. The molecule has 0 radical (unpaired) electrons. The van der Waals surface area contributed by atoms with Gasteiger partial charge in [-0.3, -0.25) is 0 Å². The monoisotopic (exact) mass is 253 g/mol. The Labute approximate surface area is 111 Å². The van der Waals surface area contributed by atoms with E-state index in [1.54, 1.807) is 10.4 Å². The van der Waals surface area contributed by atoms with Gasteiger partial charge in [0.2, 0.25) is 0 Å². The lowest BCUT2D eigenvalue weighted by Crippen LogP contribution is -2.59. The summed E-state index contributed by atoms with van der Waals surface area (Å²) in [6.07, 6.45) is 0. The third-order valence-corrected chi connectivity index (χ3v) is 11.0. The van der Waals surface area contributed by atoms with Crippen molar-refractivity contribution in [2.45, 2.75) is 38.8 Å². The molecular weight excluding hydrogens is 232 g/mol. The normalized spacial score (nSPS) is 16.1. The summed E-state index contributed by atoms with van der Waals surface area (Å²) in [5.41, 5.74) is 4.52. The molecule has 0 nitrogen and oxygen atoms in total. The zero-order valence-corrected chi connectivity index (χ0v) is 12.7. The van der Waals surface area contributed by atoms with Crippen LogP contribution in [0.25, 0.3) is 11.1 Å². The van der Waals surface area contributed by atoms with Crippen LogP contribution in [0.2, 0.25) is 11.1 Å². The first kappa shape index (κ1) is 11.9. The van der Waals surface area contributed by atoms with Crippen LogP contribution in [-0.4, -0.2) is 8.07 Å². The van der Waals surface area contributed by atoms with Gasteiger partial charge in [-0.05, 0) is 0 Å². The molecule has 0 saturated carbocycles. The molecule has 0 aliphatic carbocycles. The molecule has 0 fully saturated rings. The Balaban J connectivity index is 2.40. The summed E-state index contributed by atoms with van der Waals surface area (Å²) < 4.78 is 0. The molecule has 94 valence electrons. The summed E-state index contributed by atoms with van der Waals surface area (Å²) in [6.45, 7) is 9.69. The van der Waals surface area contributed by atoms with Crippen molar-refractivity contribution >= 4 is 18.4 Å². The molecule has 0 aromatic heterocycles. The molecule has 0 saturated heterocycles. The van der Waals surface area contributed by atoms with E-state index in [4.69, 9.17) is 0 Å². The van der Waals surface area contributed by atoms with Crippen LogP contribution >= 0.6 is 0 Å². The fourth-order valence-electron chi connectivity index (χ4n) is 4.15. The van der Waals surface area contributed by atoms with Gasteiger partial charge in [0.05, 0.1) is 8.07 Å². The second-order valence-electron chi connectivity index (χ2n) is 6.08. The van der Waals surface area contributed by atoms with Crippen LogP contribution in [0, 0.1) is 0 Å². The highest BCUT2D eigenvalue weighted by Crippen LogP contribution is 2.40. The van der Waals surface area contributed by atoms with Gasteiger partial charge in [0.25, 0.3) is 0 Å². The Kier molecular flexibility index (Phi) is 2.56. The van der Waals surface area contributed by atoms with Gasteiger partial charge in [-0.2, -0.15) is 12.1 Å². The predicted octanol–water partition coefficient (Wildman–Crippen LogP) is 3.77. The van der Waals surface area contributed by atoms with Gasteiger partial charge >= 0.3 is 0 Å². The first-order chi connectivity index (χ1) is 8.60. The lowest BCUT2D eigenvalue weighted by molar-refractivity contribution is 0.931. The first-order valence-electron chi connectivity index (χ1n) is 6.96. The van der Waals surface area contributed by atoms with Crippen molar-refractivity contribution in [2.75, 3.05) is 0 Å². The largest absolute Gasteiger partial charge is 0.152 e. The SMILES string of the molecule is CC(C)[Si]1(C(C)C)c2ccccc2-[c-]2cccc21. The van der Waals surface area contributed by atoms with E-state index >= 15 is 0 Å². The van der Waals surface area contributed by atoms with Crippen molar-refractivity contribution in [3.05, 3.63) is 42.5 Å². The van der Waals surface area contributed by atoms with Crippen LogP contribution < -0.4 is 10.4 Å². The fourth-order valence-corrected chi connectivity index (χ4v) is 10.3. The van der Waals surface area contributed by atoms with Crippen molar-refractivity contribution in [3.63, 3.8) is 0 Å². The summed E-state index contributed by atoms with van der Waals surface area (Å²) in [6, 6.07) is 16.1. The minimum atomic E-state index is -1.58. The smallest absolute Gasteiger partial charge is 0.0688 e. The van der Waals surface area contributed by atoms with Crippen molar-refractivity contribution in [1.29, 1.82) is 0 Å². The van der Waals surface area contributed by atoms with E-state index < -0.39 is 8.07 Å². The van der Waals surface area contributed by atoms with E-state index in [1.807, 2.05) is 0 Å². The Morgan fingerprint density at radius 3 is 2.22 bits per heavy atom. The van der Waals surface area contributed by atoms with Gasteiger partial charge < -0.3 is 0 Å². The summed E-state index contributed by atoms with van der Waals surface area (Å²) in [4.78, 5) is 0. The van der Waals surface area contributed by atoms with E-state index in [0.29, 0.717) is 0 Å². The second-order valence-corrected chi connectivity index (χ2v) is 11.2. The fraction of sp³-hybridized carbons (Fsp3) is 0.353. The van der Waals surface area contributed by atoms with Crippen molar-refractivity contribution in [2.24, 2.45) is 0 Å². The van der Waals surface area contributed by atoms with Crippen LogP contribution in [0.15, 0.2) is 42.5 Å². The molecule has 18 heavy (non-hydrogen) atoms. The van der Waals surface area contributed by atoms with Gasteiger partial charge in [0.1, 0.15) is 0 Å². The zero-order chi connectivity index (χ0) is 12.9. The van der Waals surface area contributed by atoms with E-state index in [9.17, 15) is 0 Å². The molecule has 0 bridgehead atoms. The van der Waals surface area contributed by atoms with E-state index in [1.165, 1.54) is 11.1 Å². The Bertz CT molecular complexity index is 567. The zero-order valence-electron chi connectivity index (χ0n) is 11.7. The standard InChI is InChI=1S/C17H21Si/c1-12(2)18(13(3)4)16-10-6-5-8-14(16)15-9-7-11-17(15)18/h5-13H,1-4H3/q-1. The van der Waals surface area contributed by atoms with Crippen LogP contribution in [0.3, 0.4) is 0 Å². The Morgan fingerprint density at radius 1 is 0.889 bits per heavy atom. The number of hydrogen-bond acceptors (Lipinski definition) is 0. The molecule has 3 rings (SSSR count). The summed E-state index contributed by atoms with van der Waals surface area (Å²) in [7, 11) is -1.58. The van der Waals surface area contributed by atoms with Crippen LogP contribution in [0.4, 0.5) is 0 Å². The van der Waals surface area contributed by atoms with Crippen LogP contribution in [0.1, 0.15) is 27.7 Å². The molecule has 0 unspecified atom stereocenters. The Morgan fingerprint density at radius 2 is 1.56 bits per heavy atom. The molecule has 2 aromatic carbocycles. The molecule has 1 aliphatic rings. The maximum Gasteiger partial charge on any atom is 0.0688 e. The number of benzene rings is 1. The summed E-state index contributed by atoms with van der Waals surface area (Å²) in [5, 5.41) is 3.34.